The summed E-state index contributed by atoms with van der Waals surface area (Å²) in [4.78, 5) is 25.4. The van der Waals surface area contributed by atoms with E-state index in [2.05, 4.69) is 4.74 Å². The van der Waals surface area contributed by atoms with Gasteiger partial charge in [-0.15, -0.1) is 0 Å². The van der Waals surface area contributed by atoms with Gasteiger partial charge in [-0.1, -0.05) is 0 Å². The number of likely N-dealkylation sites (N-methyl/N-ethyl adjacent to an activating group) is 1. The fourth-order valence-electron chi connectivity index (χ4n) is 1.91. The maximum atomic E-state index is 12.3. The molecule has 0 aliphatic carbocycles. The van der Waals surface area contributed by atoms with Crippen LogP contribution >= 0.6 is 0 Å². The molecule has 0 aliphatic rings. The van der Waals surface area contributed by atoms with E-state index in [4.69, 9.17) is 14.7 Å². The number of hydrogen-bond acceptors (Lipinski definition) is 6. The number of alkyl halides is 2. The zero-order valence-corrected chi connectivity index (χ0v) is 14.0. The van der Waals surface area contributed by atoms with E-state index >= 15 is 0 Å². The number of rotatable bonds is 8. The number of nitrogens with zero attached hydrogens (tertiary/aromatic N) is 2. The molecule has 0 heterocycles. The summed E-state index contributed by atoms with van der Waals surface area (Å²) in [5, 5.41) is 8.51. The molecule has 7 nitrogen and oxygen atoms in total. The Balaban J connectivity index is 2.80. The molecule has 9 heteroatoms. The molecule has 0 radical (unpaired) electrons. The number of halogens is 2. The molecular weight excluding hydrogens is 338 g/mol. The smallest absolute Gasteiger partial charge is 0.387 e. The van der Waals surface area contributed by atoms with Crippen molar-refractivity contribution in [3.63, 3.8) is 0 Å². The van der Waals surface area contributed by atoms with Crippen molar-refractivity contribution in [1.29, 1.82) is 5.26 Å². The number of ether oxygens (including phenoxy) is 3. The van der Waals surface area contributed by atoms with Crippen LogP contribution in [0.1, 0.15) is 23.7 Å². The van der Waals surface area contributed by atoms with Crippen molar-refractivity contribution in [2.75, 3.05) is 20.7 Å². The standard InChI is InChI=1S/C16H18F2N2O5/c1-10(14(21)20(2)8-4-7-19)24-15(22)11-5-6-12(25-16(17)18)13(9-11)23-3/h5-6,9-10,16H,4,8H2,1-3H3/t10-/m1/s1. The Morgan fingerprint density at radius 2 is 2.00 bits per heavy atom. The van der Waals surface area contributed by atoms with Crippen LogP contribution in [0.2, 0.25) is 0 Å². The molecular formula is C16H18F2N2O5. The van der Waals surface area contributed by atoms with Gasteiger partial charge in [0.25, 0.3) is 5.91 Å². The molecule has 1 rings (SSSR count). The molecule has 0 fully saturated rings. The number of carbonyl (C=O) groups is 2. The first-order valence-electron chi connectivity index (χ1n) is 7.25. The Morgan fingerprint density at radius 1 is 1.32 bits per heavy atom. The maximum Gasteiger partial charge on any atom is 0.387 e. The predicted octanol–water partition coefficient (Wildman–Crippen LogP) is 2.21. The van der Waals surface area contributed by atoms with Crippen LogP contribution in [0.15, 0.2) is 18.2 Å². The summed E-state index contributed by atoms with van der Waals surface area (Å²) in [7, 11) is 2.72. The van der Waals surface area contributed by atoms with Crippen LogP contribution in [0.4, 0.5) is 8.78 Å². The van der Waals surface area contributed by atoms with Gasteiger partial charge in [0.15, 0.2) is 17.6 Å². The Kier molecular flexibility index (Phi) is 7.59. The molecule has 1 amide bonds. The van der Waals surface area contributed by atoms with Gasteiger partial charge in [0.1, 0.15) is 0 Å². The summed E-state index contributed by atoms with van der Waals surface area (Å²) in [6.07, 6.45) is -0.912. The van der Waals surface area contributed by atoms with Crippen molar-refractivity contribution >= 4 is 11.9 Å². The first-order valence-corrected chi connectivity index (χ1v) is 7.25. The molecule has 0 unspecified atom stereocenters. The highest BCUT2D eigenvalue weighted by Crippen LogP contribution is 2.29. The largest absolute Gasteiger partial charge is 0.493 e. The number of carbonyl (C=O) groups excluding carboxylic acids is 2. The van der Waals surface area contributed by atoms with Gasteiger partial charge in [0, 0.05) is 13.6 Å². The lowest BCUT2D eigenvalue weighted by atomic mass is 10.2. The van der Waals surface area contributed by atoms with Gasteiger partial charge in [-0.05, 0) is 25.1 Å². The fourth-order valence-corrected chi connectivity index (χ4v) is 1.91. The minimum absolute atomic E-state index is 0.0118. The molecule has 0 aliphatic heterocycles. The van der Waals surface area contributed by atoms with Gasteiger partial charge in [-0.25, -0.2) is 4.79 Å². The molecule has 1 aromatic rings. The molecule has 1 aromatic carbocycles. The molecule has 25 heavy (non-hydrogen) atoms. The minimum atomic E-state index is -3.03. The summed E-state index contributed by atoms with van der Waals surface area (Å²) in [5.74, 6) is -1.58. The van der Waals surface area contributed by atoms with E-state index in [0.717, 1.165) is 6.07 Å². The van der Waals surface area contributed by atoms with Gasteiger partial charge < -0.3 is 19.1 Å². The highest BCUT2D eigenvalue weighted by Gasteiger charge is 2.23. The average Bonchev–Trinajstić information content (AvgIpc) is 2.58. The van der Waals surface area contributed by atoms with Gasteiger partial charge >= 0.3 is 12.6 Å². The molecule has 136 valence electrons. The second-order valence-corrected chi connectivity index (χ2v) is 4.96. The van der Waals surface area contributed by atoms with E-state index in [9.17, 15) is 18.4 Å². The Hall–Kier alpha value is -2.89. The van der Waals surface area contributed by atoms with Gasteiger partial charge in [0.05, 0.1) is 25.2 Å². The van der Waals surface area contributed by atoms with Crippen molar-refractivity contribution in [3.05, 3.63) is 23.8 Å². The zero-order chi connectivity index (χ0) is 19.0. The lowest BCUT2D eigenvalue weighted by Gasteiger charge is -2.20. The van der Waals surface area contributed by atoms with Crippen LogP contribution in [0, 0.1) is 11.3 Å². The Labute approximate surface area is 143 Å². The van der Waals surface area contributed by atoms with Gasteiger partial charge in [0.2, 0.25) is 0 Å². The second kappa shape index (κ2) is 9.42. The monoisotopic (exact) mass is 356 g/mol. The summed E-state index contributed by atoms with van der Waals surface area (Å²) in [5.41, 5.74) is 0.0118. The number of hydrogen-bond donors (Lipinski definition) is 0. The Bertz CT molecular complexity index is 660. The highest BCUT2D eigenvalue weighted by molar-refractivity contribution is 5.92. The van der Waals surface area contributed by atoms with E-state index in [1.807, 2.05) is 6.07 Å². The van der Waals surface area contributed by atoms with E-state index in [-0.39, 0.29) is 30.0 Å². The number of nitriles is 1. The van der Waals surface area contributed by atoms with Crippen molar-refractivity contribution in [2.45, 2.75) is 26.1 Å². The molecule has 0 bridgehead atoms. The molecule has 0 N–H and O–H groups in total. The molecule has 1 atom stereocenters. The Morgan fingerprint density at radius 3 is 2.56 bits per heavy atom. The van der Waals surface area contributed by atoms with Crippen LogP contribution in [0.5, 0.6) is 11.5 Å². The quantitative estimate of drug-likeness (QED) is 0.664. The maximum absolute atomic E-state index is 12.3. The predicted molar refractivity (Wildman–Crippen MR) is 82.4 cm³/mol. The van der Waals surface area contributed by atoms with E-state index < -0.39 is 24.6 Å². The number of benzene rings is 1. The van der Waals surface area contributed by atoms with Gasteiger partial charge in [-0.2, -0.15) is 14.0 Å². The fraction of sp³-hybridized carbons (Fsp3) is 0.438. The van der Waals surface area contributed by atoms with Crippen LogP contribution in [-0.4, -0.2) is 50.2 Å². The zero-order valence-electron chi connectivity index (χ0n) is 14.0. The summed E-state index contributed by atoms with van der Waals surface area (Å²) < 4.78 is 38.8. The van der Waals surface area contributed by atoms with E-state index in [1.54, 1.807) is 0 Å². The SMILES string of the molecule is COc1cc(C(=O)O[C@H](C)C(=O)N(C)CCC#N)ccc1OC(F)F. The first kappa shape index (κ1) is 20.2. The van der Waals surface area contributed by atoms with Crippen LogP contribution < -0.4 is 9.47 Å². The highest BCUT2D eigenvalue weighted by atomic mass is 19.3. The average molecular weight is 356 g/mol. The number of esters is 1. The van der Waals surface area contributed by atoms with Crippen molar-refractivity contribution < 1.29 is 32.6 Å². The minimum Gasteiger partial charge on any atom is -0.493 e. The summed E-state index contributed by atoms with van der Waals surface area (Å²) in [6.45, 7) is -1.42. The number of amides is 1. The van der Waals surface area contributed by atoms with E-state index in [0.29, 0.717) is 0 Å². The van der Waals surface area contributed by atoms with Crippen molar-refractivity contribution in [2.24, 2.45) is 0 Å². The third kappa shape index (κ3) is 5.91. The molecule has 0 saturated heterocycles. The number of methoxy groups -OCH3 is 1. The van der Waals surface area contributed by atoms with Crippen molar-refractivity contribution in [1.82, 2.24) is 4.90 Å². The van der Waals surface area contributed by atoms with Crippen LogP contribution in [0.3, 0.4) is 0 Å². The van der Waals surface area contributed by atoms with Crippen LogP contribution in [-0.2, 0) is 9.53 Å². The third-order valence-electron chi connectivity index (χ3n) is 3.18. The van der Waals surface area contributed by atoms with Crippen LogP contribution in [0.25, 0.3) is 0 Å². The summed E-state index contributed by atoms with van der Waals surface area (Å²) >= 11 is 0. The van der Waals surface area contributed by atoms with Crippen molar-refractivity contribution in [3.8, 4) is 17.6 Å². The topological polar surface area (TPSA) is 88.9 Å². The molecule has 0 spiro atoms. The third-order valence-corrected chi connectivity index (χ3v) is 3.18. The van der Waals surface area contributed by atoms with Gasteiger partial charge in [-0.3, -0.25) is 4.79 Å². The lowest BCUT2D eigenvalue weighted by molar-refractivity contribution is -0.138. The normalized spacial score (nSPS) is 11.4. The molecule has 0 saturated carbocycles. The lowest BCUT2D eigenvalue weighted by Crippen LogP contribution is -2.37. The second-order valence-electron chi connectivity index (χ2n) is 4.96. The molecule has 0 aromatic heterocycles. The first-order chi connectivity index (χ1) is 11.8. The van der Waals surface area contributed by atoms with E-state index in [1.165, 1.54) is 38.1 Å². The summed E-state index contributed by atoms with van der Waals surface area (Å²) in [6, 6.07) is 5.45.